The van der Waals surface area contributed by atoms with Gasteiger partial charge in [0.15, 0.2) is 0 Å². The Kier molecular flexibility index (Phi) is 3.66. The predicted octanol–water partition coefficient (Wildman–Crippen LogP) is 1.79. The monoisotopic (exact) mass is 248 g/mol. The molecule has 1 saturated heterocycles. The summed E-state index contributed by atoms with van der Waals surface area (Å²) in [5.74, 6) is 0. The van der Waals surface area contributed by atoms with Crippen molar-refractivity contribution in [2.45, 2.75) is 50.7 Å². The van der Waals surface area contributed by atoms with E-state index in [0.717, 1.165) is 25.7 Å². The van der Waals surface area contributed by atoms with Gasteiger partial charge in [-0.1, -0.05) is 6.42 Å². The van der Waals surface area contributed by atoms with Crippen LogP contribution in [-0.4, -0.2) is 40.6 Å². The molecule has 100 valence electrons. The molecular weight excluding hydrogens is 224 g/mol. The van der Waals surface area contributed by atoms with Crippen LogP contribution in [0.5, 0.6) is 0 Å². The van der Waals surface area contributed by atoms with Crippen molar-refractivity contribution in [1.82, 2.24) is 19.8 Å². The average Bonchev–Trinajstić information content (AvgIpc) is 3.16. The van der Waals surface area contributed by atoms with Crippen molar-refractivity contribution in [2.75, 3.05) is 20.1 Å². The molecule has 1 aromatic rings. The fourth-order valence-electron chi connectivity index (χ4n) is 2.88. The zero-order chi connectivity index (χ0) is 12.4. The lowest BCUT2D eigenvalue weighted by atomic mass is 10.0. The highest BCUT2D eigenvalue weighted by Crippen LogP contribution is 2.26. The van der Waals surface area contributed by atoms with Gasteiger partial charge in [-0.05, 0) is 39.3 Å². The standard InChI is InChI=1S/C14H24N4/c1-17(12-5-6-12)8-9-18-11-15-10-14(18)13-4-2-3-7-16-13/h10-13,16H,2-9H2,1H3. The topological polar surface area (TPSA) is 33.1 Å². The Morgan fingerprint density at radius 3 is 3.00 bits per heavy atom. The van der Waals surface area contributed by atoms with Crippen LogP contribution in [-0.2, 0) is 6.54 Å². The van der Waals surface area contributed by atoms with E-state index in [1.165, 1.54) is 37.8 Å². The Labute approximate surface area is 109 Å². The first-order chi connectivity index (χ1) is 8.84. The molecule has 1 aliphatic carbocycles. The van der Waals surface area contributed by atoms with Crippen molar-refractivity contribution >= 4 is 0 Å². The molecule has 4 heteroatoms. The quantitative estimate of drug-likeness (QED) is 0.862. The third-order valence-corrected chi connectivity index (χ3v) is 4.28. The number of likely N-dealkylation sites (N-methyl/N-ethyl adjacent to an activating group) is 1. The molecule has 1 N–H and O–H groups in total. The molecule has 0 bridgehead atoms. The van der Waals surface area contributed by atoms with Gasteiger partial charge in [0.1, 0.15) is 0 Å². The van der Waals surface area contributed by atoms with Gasteiger partial charge in [-0.15, -0.1) is 0 Å². The van der Waals surface area contributed by atoms with Gasteiger partial charge in [0.25, 0.3) is 0 Å². The van der Waals surface area contributed by atoms with Crippen LogP contribution in [0.15, 0.2) is 12.5 Å². The first-order valence-corrected chi connectivity index (χ1v) is 7.28. The second kappa shape index (κ2) is 5.41. The number of nitrogens with one attached hydrogen (secondary N) is 1. The van der Waals surface area contributed by atoms with Crippen LogP contribution in [0.3, 0.4) is 0 Å². The lowest BCUT2D eigenvalue weighted by molar-refractivity contribution is 0.303. The highest BCUT2D eigenvalue weighted by molar-refractivity contribution is 5.06. The van der Waals surface area contributed by atoms with E-state index in [1.54, 1.807) is 0 Å². The van der Waals surface area contributed by atoms with Gasteiger partial charge in [0, 0.05) is 31.4 Å². The largest absolute Gasteiger partial charge is 0.332 e. The first-order valence-electron chi connectivity index (χ1n) is 7.28. The van der Waals surface area contributed by atoms with Crippen LogP contribution >= 0.6 is 0 Å². The first kappa shape index (κ1) is 12.2. The maximum absolute atomic E-state index is 4.34. The molecule has 18 heavy (non-hydrogen) atoms. The van der Waals surface area contributed by atoms with Crippen LogP contribution in [0.2, 0.25) is 0 Å². The van der Waals surface area contributed by atoms with Crippen LogP contribution < -0.4 is 5.32 Å². The summed E-state index contributed by atoms with van der Waals surface area (Å²) in [6, 6.07) is 1.37. The third kappa shape index (κ3) is 2.75. The van der Waals surface area contributed by atoms with Gasteiger partial charge in [-0.25, -0.2) is 4.98 Å². The van der Waals surface area contributed by atoms with Crippen LogP contribution in [0.1, 0.15) is 43.8 Å². The van der Waals surface area contributed by atoms with Crippen LogP contribution in [0.4, 0.5) is 0 Å². The zero-order valence-electron chi connectivity index (χ0n) is 11.3. The number of hydrogen-bond acceptors (Lipinski definition) is 3. The maximum atomic E-state index is 4.34. The van der Waals surface area contributed by atoms with Crippen molar-refractivity contribution in [3.63, 3.8) is 0 Å². The molecule has 1 saturated carbocycles. The lowest BCUT2D eigenvalue weighted by Crippen LogP contribution is -2.30. The molecule has 1 aromatic heterocycles. The summed E-state index contributed by atoms with van der Waals surface area (Å²) in [5, 5.41) is 3.61. The Morgan fingerprint density at radius 1 is 1.39 bits per heavy atom. The van der Waals surface area contributed by atoms with E-state index in [1.807, 2.05) is 12.5 Å². The Balaban J connectivity index is 1.59. The van der Waals surface area contributed by atoms with E-state index in [2.05, 4.69) is 26.8 Å². The van der Waals surface area contributed by atoms with E-state index >= 15 is 0 Å². The van der Waals surface area contributed by atoms with E-state index in [9.17, 15) is 0 Å². The third-order valence-electron chi connectivity index (χ3n) is 4.28. The lowest BCUT2D eigenvalue weighted by Gasteiger charge is -2.25. The molecule has 2 aliphatic rings. The predicted molar refractivity (Wildman–Crippen MR) is 72.5 cm³/mol. The number of piperidine rings is 1. The molecule has 0 amide bonds. The van der Waals surface area contributed by atoms with Gasteiger partial charge in [0.05, 0.1) is 12.0 Å². The van der Waals surface area contributed by atoms with Crippen LogP contribution in [0, 0.1) is 0 Å². The van der Waals surface area contributed by atoms with Crippen molar-refractivity contribution in [1.29, 1.82) is 0 Å². The molecule has 0 aromatic carbocycles. The second-order valence-electron chi connectivity index (χ2n) is 5.73. The SMILES string of the molecule is CN(CCn1cncc1C1CCCCN1)C1CC1. The van der Waals surface area contributed by atoms with Gasteiger partial charge >= 0.3 is 0 Å². The van der Waals surface area contributed by atoms with Gasteiger partial charge in [-0.2, -0.15) is 0 Å². The summed E-state index contributed by atoms with van der Waals surface area (Å²) in [4.78, 5) is 6.82. The molecule has 2 fully saturated rings. The molecule has 3 rings (SSSR count). The van der Waals surface area contributed by atoms with E-state index < -0.39 is 0 Å². The Hall–Kier alpha value is -0.870. The Morgan fingerprint density at radius 2 is 2.28 bits per heavy atom. The van der Waals surface area contributed by atoms with Crippen molar-refractivity contribution in [2.24, 2.45) is 0 Å². The van der Waals surface area contributed by atoms with E-state index in [0.29, 0.717) is 6.04 Å². The number of aromatic nitrogens is 2. The van der Waals surface area contributed by atoms with Gasteiger partial charge in [-0.3, -0.25) is 0 Å². The second-order valence-corrected chi connectivity index (χ2v) is 5.73. The van der Waals surface area contributed by atoms with E-state index in [-0.39, 0.29) is 0 Å². The minimum absolute atomic E-state index is 0.521. The summed E-state index contributed by atoms with van der Waals surface area (Å²) in [7, 11) is 2.24. The fraction of sp³-hybridized carbons (Fsp3) is 0.786. The van der Waals surface area contributed by atoms with Gasteiger partial charge < -0.3 is 14.8 Å². The maximum Gasteiger partial charge on any atom is 0.0949 e. The molecule has 1 atom stereocenters. The molecule has 4 nitrogen and oxygen atoms in total. The van der Waals surface area contributed by atoms with Crippen LogP contribution in [0.25, 0.3) is 0 Å². The van der Waals surface area contributed by atoms with Gasteiger partial charge in [0.2, 0.25) is 0 Å². The molecular formula is C14H24N4. The summed E-state index contributed by atoms with van der Waals surface area (Å²) in [6.45, 7) is 3.36. The number of nitrogens with zero attached hydrogens (tertiary/aromatic N) is 3. The van der Waals surface area contributed by atoms with E-state index in [4.69, 9.17) is 0 Å². The van der Waals surface area contributed by atoms with Crippen molar-refractivity contribution < 1.29 is 0 Å². The molecule has 1 aliphatic heterocycles. The highest BCUT2D eigenvalue weighted by Gasteiger charge is 2.26. The summed E-state index contributed by atoms with van der Waals surface area (Å²) < 4.78 is 2.34. The highest BCUT2D eigenvalue weighted by atomic mass is 15.2. The Bertz CT molecular complexity index is 377. The normalized spacial score (nSPS) is 24.7. The zero-order valence-corrected chi connectivity index (χ0v) is 11.3. The molecule has 2 heterocycles. The minimum Gasteiger partial charge on any atom is -0.332 e. The summed E-state index contributed by atoms with van der Waals surface area (Å²) >= 11 is 0. The average molecular weight is 248 g/mol. The number of imidazole rings is 1. The smallest absolute Gasteiger partial charge is 0.0949 e. The number of hydrogen-bond donors (Lipinski definition) is 1. The van der Waals surface area contributed by atoms with Crippen molar-refractivity contribution in [3.05, 3.63) is 18.2 Å². The number of rotatable bonds is 5. The molecule has 1 unspecified atom stereocenters. The summed E-state index contributed by atoms with van der Waals surface area (Å²) in [6.07, 6.45) is 10.7. The minimum atomic E-state index is 0.521. The molecule has 0 radical (unpaired) electrons. The van der Waals surface area contributed by atoms with Crippen molar-refractivity contribution in [3.8, 4) is 0 Å². The molecule has 0 spiro atoms. The summed E-state index contributed by atoms with van der Waals surface area (Å²) in [5.41, 5.74) is 1.37. The fourth-order valence-corrected chi connectivity index (χ4v) is 2.88.